The number of halogens is 1. The Morgan fingerprint density at radius 3 is 2.45 bits per heavy atom. The molecule has 0 atom stereocenters. The van der Waals surface area contributed by atoms with Gasteiger partial charge in [0.2, 0.25) is 0 Å². The van der Waals surface area contributed by atoms with E-state index in [0.717, 1.165) is 16.5 Å². The number of H-pyrrole nitrogens is 1. The van der Waals surface area contributed by atoms with Gasteiger partial charge in [0.1, 0.15) is 0 Å². The molecule has 3 nitrogen and oxygen atoms in total. The number of sulfone groups is 1. The van der Waals surface area contributed by atoms with E-state index in [2.05, 4.69) is 4.98 Å². The molecule has 0 aliphatic carbocycles. The van der Waals surface area contributed by atoms with Gasteiger partial charge >= 0.3 is 0 Å². The van der Waals surface area contributed by atoms with Crippen LogP contribution in [0.5, 0.6) is 0 Å². The first-order valence-corrected chi connectivity index (χ1v) is 8.12. The molecule has 1 N–H and O–H groups in total. The molecule has 0 bridgehead atoms. The maximum atomic E-state index is 12.5. The van der Waals surface area contributed by atoms with Crippen molar-refractivity contribution in [3.63, 3.8) is 0 Å². The number of nitrogens with one attached hydrogen (secondary N) is 1. The molecule has 3 rings (SSSR count). The number of benzene rings is 2. The lowest BCUT2D eigenvalue weighted by Crippen LogP contribution is -2.04. The molecule has 0 saturated carbocycles. The van der Waals surface area contributed by atoms with Crippen LogP contribution in [0.4, 0.5) is 0 Å². The zero-order valence-corrected chi connectivity index (χ0v) is 12.1. The summed E-state index contributed by atoms with van der Waals surface area (Å²) in [6.07, 6.45) is 1.55. The minimum absolute atomic E-state index is 0.0357. The van der Waals surface area contributed by atoms with Gasteiger partial charge in [0, 0.05) is 22.1 Å². The van der Waals surface area contributed by atoms with Crippen LogP contribution in [-0.4, -0.2) is 13.4 Å². The predicted octanol–water partition coefficient (Wildman–Crippen LogP) is 3.80. The molecule has 0 radical (unpaired) electrons. The van der Waals surface area contributed by atoms with Crippen molar-refractivity contribution < 1.29 is 8.42 Å². The maximum absolute atomic E-state index is 12.5. The van der Waals surface area contributed by atoms with Crippen molar-refractivity contribution in [2.45, 2.75) is 10.6 Å². The molecule has 0 spiro atoms. The Bertz CT molecular complexity index is 851. The first kappa shape index (κ1) is 13.2. The lowest BCUT2D eigenvalue weighted by molar-refractivity contribution is 0.596. The third-order valence-corrected chi connectivity index (χ3v) is 5.13. The van der Waals surface area contributed by atoms with E-state index in [1.807, 2.05) is 18.2 Å². The summed E-state index contributed by atoms with van der Waals surface area (Å²) in [5, 5.41) is 1.32. The van der Waals surface area contributed by atoms with E-state index >= 15 is 0 Å². The molecular weight excluding hydrogens is 294 g/mol. The Hall–Kier alpha value is -1.78. The van der Waals surface area contributed by atoms with E-state index < -0.39 is 9.84 Å². The van der Waals surface area contributed by atoms with Gasteiger partial charge in [-0.25, -0.2) is 8.42 Å². The average Bonchev–Trinajstić information content (AvgIpc) is 2.86. The first-order chi connectivity index (χ1) is 9.56. The Balaban J connectivity index is 2.01. The standard InChI is InChI=1S/C15H12ClNO2S/c16-12-7-5-11(6-8-12)10-20(18,19)15-9-17-14-4-2-1-3-13(14)15/h1-9,17H,10H2. The quantitative estimate of drug-likeness (QED) is 0.800. The van der Waals surface area contributed by atoms with Crippen LogP contribution in [0, 0.1) is 0 Å². The molecule has 2 aromatic carbocycles. The van der Waals surface area contributed by atoms with Gasteiger partial charge in [0.25, 0.3) is 0 Å². The summed E-state index contributed by atoms with van der Waals surface area (Å²) >= 11 is 5.81. The van der Waals surface area contributed by atoms with Crippen molar-refractivity contribution in [3.05, 3.63) is 65.3 Å². The van der Waals surface area contributed by atoms with Crippen molar-refractivity contribution in [1.29, 1.82) is 0 Å². The van der Waals surface area contributed by atoms with Crippen molar-refractivity contribution in [2.75, 3.05) is 0 Å². The maximum Gasteiger partial charge on any atom is 0.184 e. The molecule has 1 heterocycles. The summed E-state index contributed by atoms with van der Waals surface area (Å²) in [5.41, 5.74) is 1.54. The molecule has 0 amide bonds. The molecular formula is C15H12ClNO2S. The van der Waals surface area contributed by atoms with E-state index in [-0.39, 0.29) is 5.75 Å². The van der Waals surface area contributed by atoms with E-state index in [9.17, 15) is 8.42 Å². The predicted molar refractivity (Wildman–Crippen MR) is 80.6 cm³/mol. The number of fused-ring (bicyclic) bond motifs is 1. The number of aromatic nitrogens is 1. The lowest BCUT2D eigenvalue weighted by atomic mass is 10.2. The van der Waals surface area contributed by atoms with Crippen LogP contribution in [-0.2, 0) is 15.6 Å². The number of para-hydroxylation sites is 1. The number of hydrogen-bond acceptors (Lipinski definition) is 2. The average molecular weight is 306 g/mol. The highest BCUT2D eigenvalue weighted by Crippen LogP contribution is 2.25. The molecule has 20 heavy (non-hydrogen) atoms. The molecule has 0 aliphatic heterocycles. The SMILES string of the molecule is O=S(=O)(Cc1ccc(Cl)cc1)c1c[nH]c2ccccc12. The zero-order valence-electron chi connectivity index (χ0n) is 10.5. The second kappa shape index (κ2) is 4.96. The van der Waals surface area contributed by atoms with E-state index in [1.54, 1.807) is 36.5 Å². The molecule has 1 aromatic heterocycles. The topological polar surface area (TPSA) is 49.9 Å². The summed E-state index contributed by atoms with van der Waals surface area (Å²) in [4.78, 5) is 3.33. The van der Waals surface area contributed by atoms with Crippen LogP contribution in [0.3, 0.4) is 0 Å². The molecule has 5 heteroatoms. The Morgan fingerprint density at radius 2 is 1.70 bits per heavy atom. The summed E-state index contributed by atoms with van der Waals surface area (Å²) in [6.45, 7) is 0. The summed E-state index contributed by atoms with van der Waals surface area (Å²) < 4.78 is 25.0. The van der Waals surface area contributed by atoms with Gasteiger partial charge in [0.05, 0.1) is 10.6 Å². The normalized spacial score (nSPS) is 11.8. The monoisotopic (exact) mass is 305 g/mol. The van der Waals surface area contributed by atoms with E-state index in [4.69, 9.17) is 11.6 Å². The Labute approximate surface area is 122 Å². The molecule has 0 saturated heterocycles. The third kappa shape index (κ3) is 2.44. The molecule has 0 unspecified atom stereocenters. The molecule has 0 fully saturated rings. The van der Waals surface area contributed by atoms with Crippen LogP contribution < -0.4 is 0 Å². The van der Waals surface area contributed by atoms with Crippen molar-refractivity contribution in [3.8, 4) is 0 Å². The first-order valence-electron chi connectivity index (χ1n) is 6.09. The highest BCUT2D eigenvalue weighted by atomic mass is 35.5. The largest absolute Gasteiger partial charge is 0.360 e. The van der Waals surface area contributed by atoms with Gasteiger partial charge in [-0.3, -0.25) is 0 Å². The molecule has 3 aromatic rings. The van der Waals surface area contributed by atoms with Gasteiger partial charge in [-0.15, -0.1) is 0 Å². The Kier molecular flexibility index (Phi) is 3.28. The number of rotatable bonds is 3. The number of aromatic amines is 1. The van der Waals surface area contributed by atoms with E-state index in [0.29, 0.717) is 9.92 Å². The molecule has 102 valence electrons. The van der Waals surface area contributed by atoms with Crippen LogP contribution >= 0.6 is 11.6 Å². The van der Waals surface area contributed by atoms with Crippen molar-refractivity contribution in [2.24, 2.45) is 0 Å². The summed E-state index contributed by atoms with van der Waals surface area (Å²) in [6, 6.07) is 14.2. The highest BCUT2D eigenvalue weighted by Gasteiger charge is 2.19. The third-order valence-electron chi connectivity index (χ3n) is 3.16. The van der Waals surface area contributed by atoms with Gasteiger partial charge in [-0.05, 0) is 23.8 Å². The van der Waals surface area contributed by atoms with Crippen LogP contribution in [0.25, 0.3) is 10.9 Å². The second-order valence-electron chi connectivity index (χ2n) is 4.58. The van der Waals surface area contributed by atoms with Gasteiger partial charge in [0.15, 0.2) is 9.84 Å². The van der Waals surface area contributed by atoms with Crippen molar-refractivity contribution >= 4 is 32.3 Å². The van der Waals surface area contributed by atoms with E-state index in [1.165, 1.54) is 0 Å². The smallest absolute Gasteiger partial charge is 0.184 e. The fourth-order valence-electron chi connectivity index (χ4n) is 2.18. The van der Waals surface area contributed by atoms with Crippen LogP contribution in [0.15, 0.2) is 59.6 Å². The van der Waals surface area contributed by atoms with Gasteiger partial charge in [-0.1, -0.05) is 41.9 Å². The minimum Gasteiger partial charge on any atom is -0.360 e. The highest BCUT2D eigenvalue weighted by molar-refractivity contribution is 7.90. The van der Waals surface area contributed by atoms with Crippen LogP contribution in [0.1, 0.15) is 5.56 Å². The molecule has 0 aliphatic rings. The lowest BCUT2D eigenvalue weighted by Gasteiger charge is -2.03. The second-order valence-corrected chi connectivity index (χ2v) is 6.98. The fraction of sp³-hybridized carbons (Fsp3) is 0.0667. The Morgan fingerprint density at radius 1 is 1.00 bits per heavy atom. The van der Waals surface area contributed by atoms with Crippen molar-refractivity contribution in [1.82, 2.24) is 4.98 Å². The summed E-state index contributed by atoms with van der Waals surface area (Å²) in [5.74, 6) is -0.0357. The minimum atomic E-state index is -3.38. The van der Waals surface area contributed by atoms with Gasteiger partial charge < -0.3 is 4.98 Å². The number of hydrogen-bond donors (Lipinski definition) is 1. The van der Waals surface area contributed by atoms with Gasteiger partial charge in [-0.2, -0.15) is 0 Å². The fourth-order valence-corrected chi connectivity index (χ4v) is 3.84. The summed E-state index contributed by atoms with van der Waals surface area (Å²) in [7, 11) is -3.38. The zero-order chi connectivity index (χ0) is 14.2. The van der Waals surface area contributed by atoms with Crippen LogP contribution in [0.2, 0.25) is 5.02 Å².